The molecule has 4 aromatic rings. The summed E-state index contributed by atoms with van der Waals surface area (Å²) >= 11 is 0. The van der Waals surface area contributed by atoms with Gasteiger partial charge in [0.1, 0.15) is 5.69 Å². The van der Waals surface area contributed by atoms with Gasteiger partial charge in [-0.2, -0.15) is 0 Å². The smallest absolute Gasteiger partial charge is 0.283 e. The number of nitrogens with one attached hydrogen (secondary N) is 3. The highest BCUT2D eigenvalue weighted by molar-refractivity contribution is 7.89. The lowest BCUT2D eigenvalue weighted by atomic mass is 10.0. The molecule has 0 aliphatic carbocycles. The number of fused-ring (bicyclic) bond motifs is 1. The lowest BCUT2D eigenvalue weighted by Crippen LogP contribution is -2.41. The number of carbonyl (C=O) groups excluding carboxylic acids is 1. The first-order valence-corrected chi connectivity index (χ1v) is 11.0. The van der Waals surface area contributed by atoms with Gasteiger partial charge in [0.15, 0.2) is 0 Å². The van der Waals surface area contributed by atoms with E-state index in [1.807, 2.05) is 6.92 Å². The molecule has 3 N–H and O–H groups in total. The number of rotatable bonds is 6. The molecule has 9 nitrogen and oxygen atoms in total. The molecule has 1 amide bonds. The van der Waals surface area contributed by atoms with Gasteiger partial charge in [0, 0.05) is 28.6 Å². The second kappa shape index (κ2) is 8.25. The third kappa shape index (κ3) is 4.09. The van der Waals surface area contributed by atoms with Crippen molar-refractivity contribution < 1.29 is 18.1 Å². The van der Waals surface area contributed by atoms with E-state index in [-0.39, 0.29) is 16.3 Å². The summed E-state index contributed by atoms with van der Waals surface area (Å²) in [5, 5.41) is 11.7. The molecule has 0 saturated heterocycles. The minimum atomic E-state index is -3.99. The van der Waals surface area contributed by atoms with Crippen molar-refractivity contribution >= 4 is 32.5 Å². The Kier molecular flexibility index (Phi) is 5.47. The van der Waals surface area contributed by atoms with Crippen LogP contribution in [0.25, 0.3) is 22.0 Å². The van der Waals surface area contributed by atoms with Gasteiger partial charge < -0.3 is 4.98 Å². The fraction of sp³-hybridized carbons (Fsp3) is 0.0455. The number of hydrazine groups is 1. The van der Waals surface area contributed by atoms with Crippen LogP contribution in [0, 0.1) is 17.0 Å². The minimum Gasteiger partial charge on any atom is -0.350 e. The lowest BCUT2D eigenvalue weighted by molar-refractivity contribution is -0.384. The van der Waals surface area contributed by atoms with Crippen LogP contribution in [0.1, 0.15) is 16.1 Å². The van der Waals surface area contributed by atoms with Crippen molar-refractivity contribution in [2.75, 3.05) is 0 Å². The second-order valence-corrected chi connectivity index (χ2v) is 8.78. The van der Waals surface area contributed by atoms with Gasteiger partial charge in [-0.1, -0.05) is 48.0 Å². The van der Waals surface area contributed by atoms with Gasteiger partial charge in [-0.3, -0.25) is 20.3 Å². The first kappa shape index (κ1) is 21.2. The van der Waals surface area contributed by atoms with Crippen LogP contribution in [0.2, 0.25) is 0 Å². The molecule has 0 radical (unpaired) electrons. The van der Waals surface area contributed by atoms with E-state index < -0.39 is 20.9 Å². The SMILES string of the molecule is Cc1ccc(S(=O)(=O)NNC(=O)c2[nH]c3ccc([N+](=O)[O-])cc3c2-c2ccccc2)cc1. The summed E-state index contributed by atoms with van der Waals surface area (Å²) in [6.45, 7) is 1.83. The van der Waals surface area contributed by atoms with Crippen LogP contribution >= 0.6 is 0 Å². The molecule has 0 aliphatic heterocycles. The largest absolute Gasteiger partial charge is 0.350 e. The Bertz CT molecular complexity index is 1430. The summed E-state index contributed by atoms with van der Waals surface area (Å²) in [4.78, 5) is 28.7. The van der Waals surface area contributed by atoms with Crippen molar-refractivity contribution in [3.8, 4) is 11.1 Å². The van der Waals surface area contributed by atoms with Crippen LogP contribution < -0.4 is 10.3 Å². The molecule has 0 bridgehead atoms. The first-order chi connectivity index (χ1) is 15.3. The van der Waals surface area contributed by atoms with Gasteiger partial charge in [0.2, 0.25) is 0 Å². The maximum absolute atomic E-state index is 13.0. The quantitative estimate of drug-likeness (QED) is 0.304. The number of H-pyrrole nitrogens is 1. The topological polar surface area (TPSA) is 134 Å². The molecule has 1 aromatic heterocycles. The van der Waals surface area contributed by atoms with E-state index in [1.165, 1.54) is 30.3 Å². The lowest BCUT2D eigenvalue weighted by Gasteiger charge is -2.09. The third-order valence-electron chi connectivity index (χ3n) is 4.91. The summed E-state index contributed by atoms with van der Waals surface area (Å²) in [5.74, 6) is -0.738. The number of hydrogen-bond donors (Lipinski definition) is 3. The highest BCUT2D eigenvalue weighted by Gasteiger charge is 2.23. The van der Waals surface area contributed by atoms with Crippen LogP contribution in [0.15, 0.2) is 77.7 Å². The standard InChI is InChI=1S/C22H18N4O5S/c1-14-7-10-17(11-8-14)32(30,31)25-24-22(27)21-20(15-5-3-2-4-6-15)18-13-16(26(28)29)9-12-19(18)23-21/h2-13,23,25H,1H3,(H,24,27). The summed E-state index contributed by atoms with van der Waals surface area (Å²) in [6.07, 6.45) is 0. The van der Waals surface area contributed by atoms with E-state index in [9.17, 15) is 23.3 Å². The molecule has 0 atom stereocenters. The maximum atomic E-state index is 13.0. The predicted molar refractivity (Wildman–Crippen MR) is 119 cm³/mol. The van der Waals surface area contributed by atoms with Gasteiger partial charge in [-0.25, -0.2) is 8.42 Å². The van der Waals surface area contributed by atoms with Crippen molar-refractivity contribution in [1.29, 1.82) is 0 Å². The van der Waals surface area contributed by atoms with Gasteiger partial charge in [0.25, 0.3) is 21.6 Å². The Morgan fingerprint density at radius 1 is 1.00 bits per heavy atom. The summed E-state index contributed by atoms with van der Waals surface area (Å²) in [5.41, 5.74) is 4.63. The molecule has 10 heteroatoms. The van der Waals surface area contributed by atoms with E-state index in [0.717, 1.165) is 5.56 Å². The molecule has 0 aliphatic rings. The fourth-order valence-corrected chi connectivity index (χ4v) is 4.16. The summed E-state index contributed by atoms with van der Waals surface area (Å²) in [6, 6.07) is 19.2. The minimum absolute atomic E-state index is 0.000968. The molecule has 0 spiro atoms. The second-order valence-electron chi connectivity index (χ2n) is 7.10. The molecular weight excluding hydrogens is 432 g/mol. The van der Waals surface area contributed by atoms with Crippen molar-refractivity contribution in [2.24, 2.45) is 0 Å². The van der Waals surface area contributed by atoms with Crippen LogP contribution in [-0.2, 0) is 10.0 Å². The average Bonchev–Trinajstić information content (AvgIpc) is 3.17. The number of nitrogens with zero attached hydrogens (tertiary/aromatic N) is 1. The van der Waals surface area contributed by atoms with Crippen molar-refractivity contribution in [2.45, 2.75) is 11.8 Å². The predicted octanol–water partition coefficient (Wildman–Crippen LogP) is 3.67. The number of aryl methyl sites for hydroxylation is 1. The highest BCUT2D eigenvalue weighted by atomic mass is 32.2. The number of nitro benzene ring substituents is 1. The number of benzene rings is 3. The number of aromatic nitrogens is 1. The molecule has 0 fully saturated rings. The Morgan fingerprint density at radius 2 is 1.69 bits per heavy atom. The van der Waals surface area contributed by atoms with Crippen molar-refractivity contribution in [1.82, 2.24) is 15.2 Å². The number of amides is 1. The summed E-state index contributed by atoms with van der Waals surface area (Å²) in [7, 11) is -3.99. The number of aromatic amines is 1. The van der Waals surface area contributed by atoms with Gasteiger partial charge in [-0.15, -0.1) is 4.83 Å². The van der Waals surface area contributed by atoms with Crippen molar-refractivity contribution in [3.05, 3.63) is 94.2 Å². The molecule has 162 valence electrons. The van der Waals surface area contributed by atoms with E-state index in [0.29, 0.717) is 22.0 Å². The Labute approximate surface area is 183 Å². The molecule has 4 rings (SSSR count). The highest BCUT2D eigenvalue weighted by Crippen LogP contribution is 2.34. The Balaban J connectivity index is 1.72. The molecular formula is C22H18N4O5S. The van der Waals surface area contributed by atoms with E-state index in [1.54, 1.807) is 42.5 Å². The molecule has 0 unspecified atom stereocenters. The van der Waals surface area contributed by atoms with Crippen LogP contribution in [0.3, 0.4) is 0 Å². The number of hydrogen-bond acceptors (Lipinski definition) is 5. The average molecular weight is 450 g/mol. The Morgan fingerprint density at radius 3 is 2.34 bits per heavy atom. The zero-order valence-corrected chi connectivity index (χ0v) is 17.6. The zero-order valence-electron chi connectivity index (χ0n) is 16.8. The number of sulfonamides is 1. The third-order valence-corrected chi connectivity index (χ3v) is 6.18. The molecule has 0 saturated carbocycles. The maximum Gasteiger partial charge on any atom is 0.283 e. The molecule has 1 heterocycles. The van der Waals surface area contributed by atoms with Crippen LogP contribution in [0.4, 0.5) is 5.69 Å². The first-order valence-electron chi connectivity index (χ1n) is 9.50. The fourth-order valence-electron chi connectivity index (χ4n) is 3.32. The van der Waals surface area contributed by atoms with Gasteiger partial charge >= 0.3 is 0 Å². The molecule has 32 heavy (non-hydrogen) atoms. The number of carbonyl (C=O) groups is 1. The van der Waals surface area contributed by atoms with E-state index >= 15 is 0 Å². The number of nitro groups is 1. The van der Waals surface area contributed by atoms with Gasteiger partial charge in [-0.05, 0) is 30.7 Å². The Hall–Kier alpha value is -4.02. The van der Waals surface area contributed by atoms with Crippen molar-refractivity contribution in [3.63, 3.8) is 0 Å². The zero-order chi connectivity index (χ0) is 22.9. The summed E-state index contributed by atoms with van der Waals surface area (Å²) < 4.78 is 25.0. The van der Waals surface area contributed by atoms with Crippen LogP contribution in [-0.4, -0.2) is 24.2 Å². The molecule has 3 aromatic carbocycles. The van der Waals surface area contributed by atoms with Crippen LogP contribution in [0.5, 0.6) is 0 Å². The normalized spacial score (nSPS) is 11.4. The monoisotopic (exact) mass is 450 g/mol. The van der Waals surface area contributed by atoms with E-state index in [4.69, 9.17) is 0 Å². The number of non-ortho nitro benzene ring substituents is 1. The van der Waals surface area contributed by atoms with Gasteiger partial charge in [0.05, 0.1) is 9.82 Å². The van der Waals surface area contributed by atoms with E-state index in [2.05, 4.69) is 15.2 Å².